The lowest BCUT2D eigenvalue weighted by Crippen LogP contribution is -2.39. The van der Waals surface area contributed by atoms with E-state index in [2.05, 4.69) is 52.2 Å². The third-order valence-electron chi connectivity index (χ3n) is 3.92. The maximum atomic E-state index is 5.18. The van der Waals surface area contributed by atoms with E-state index in [0.29, 0.717) is 5.92 Å². The van der Waals surface area contributed by atoms with Gasteiger partial charge in [-0.1, -0.05) is 25.1 Å². The quantitative estimate of drug-likeness (QED) is 0.261. The second kappa shape index (κ2) is 12.1. The normalized spacial score (nSPS) is 12.2. The average Bonchev–Trinajstić information content (AvgIpc) is 3.16. The molecule has 138 valence electrons. The maximum absolute atomic E-state index is 5.18. The molecule has 0 aliphatic rings. The Balaban J connectivity index is 0.00000312. The van der Waals surface area contributed by atoms with Crippen LogP contribution in [0.15, 0.2) is 46.8 Å². The molecular weight excluding hydrogens is 445 g/mol. The minimum atomic E-state index is 0. The highest BCUT2D eigenvalue weighted by atomic mass is 127. The molecule has 1 aromatic carbocycles. The van der Waals surface area contributed by atoms with E-state index in [1.165, 1.54) is 10.4 Å². The second-order valence-corrected chi connectivity index (χ2v) is 6.73. The molecule has 0 saturated carbocycles. The molecule has 0 fully saturated rings. The largest absolute Gasteiger partial charge is 0.497 e. The fraction of sp³-hybridized carbons (Fsp3) is 0.421. The third-order valence-corrected chi connectivity index (χ3v) is 5.03. The van der Waals surface area contributed by atoms with Crippen molar-refractivity contribution in [1.29, 1.82) is 0 Å². The lowest BCUT2D eigenvalue weighted by Gasteiger charge is -2.15. The third kappa shape index (κ3) is 7.64. The number of hydrogen-bond donors (Lipinski definition) is 2. The zero-order chi connectivity index (χ0) is 17.2. The van der Waals surface area contributed by atoms with Gasteiger partial charge in [-0.15, -0.1) is 35.3 Å². The molecule has 2 aromatic rings. The maximum Gasteiger partial charge on any atom is 0.190 e. The van der Waals surface area contributed by atoms with Crippen LogP contribution in [-0.2, 0) is 6.42 Å². The number of nitrogens with zero attached hydrogens (tertiary/aromatic N) is 1. The standard InChI is InChI=1S/C19H27N3OS.HI/c1-15(18-7-5-13-24-18)14-22-19(20-2)21-12-4-6-16-8-10-17(23-3)11-9-16;/h5,7-11,13,15H,4,6,12,14H2,1-3H3,(H2,20,21,22);1H. The van der Waals surface area contributed by atoms with Crippen molar-refractivity contribution in [3.63, 3.8) is 0 Å². The number of rotatable bonds is 8. The van der Waals surface area contributed by atoms with Gasteiger partial charge in [0, 0.05) is 30.9 Å². The fourth-order valence-electron chi connectivity index (χ4n) is 2.43. The van der Waals surface area contributed by atoms with Gasteiger partial charge in [-0.3, -0.25) is 4.99 Å². The molecule has 0 saturated heterocycles. The molecule has 1 heterocycles. The Kier molecular flexibility index (Phi) is 10.6. The lowest BCUT2D eigenvalue weighted by atomic mass is 10.1. The highest BCUT2D eigenvalue weighted by molar-refractivity contribution is 14.0. The van der Waals surface area contributed by atoms with Crippen molar-refractivity contribution in [2.75, 3.05) is 27.2 Å². The Morgan fingerprint density at radius 3 is 2.56 bits per heavy atom. The van der Waals surface area contributed by atoms with E-state index < -0.39 is 0 Å². The minimum Gasteiger partial charge on any atom is -0.497 e. The van der Waals surface area contributed by atoms with Crippen molar-refractivity contribution >= 4 is 41.3 Å². The number of nitrogens with one attached hydrogen (secondary N) is 2. The van der Waals surface area contributed by atoms with Crippen LogP contribution in [-0.4, -0.2) is 33.2 Å². The van der Waals surface area contributed by atoms with Gasteiger partial charge in [-0.05, 0) is 42.0 Å². The Hall–Kier alpha value is -1.28. The number of ether oxygens (including phenoxy) is 1. The van der Waals surface area contributed by atoms with E-state index in [1.807, 2.05) is 19.2 Å². The summed E-state index contributed by atoms with van der Waals surface area (Å²) in [6.07, 6.45) is 2.10. The predicted molar refractivity (Wildman–Crippen MR) is 119 cm³/mol. The molecule has 0 aliphatic carbocycles. The van der Waals surface area contributed by atoms with E-state index in [4.69, 9.17) is 4.74 Å². The summed E-state index contributed by atoms with van der Waals surface area (Å²) in [5.41, 5.74) is 1.33. The van der Waals surface area contributed by atoms with Crippen molar-refractivity contribution in [2.24, 2.45) is 4.99 Å². The summed E-state index contributed by atoms with van der Waals surface area (Å²) in [5, 5.41) is 8.90. The molecule has 0 spiro atoms. The molecule has 0 amide bonds. The first-order chi connectivity index (χ1) is 11.7. The van der Waals surface area contributed by atoms with Crippen LogP contribution < -0.4 is 15.4 Å². The summed E-state index contributed by atoms with van der Waals surface area (Å²) < 4.78 is 5.18. The van der Waals surface area contributed by atoms with Gasteiger partial charge in [0.25, 0.3) is 0 Å². The number of benzene rings is 1. The van der Waals surface area contributed by atoms with Gasteiger partial charge >= 0.3 is 0 Å². The summed E-state index contributed by atoms with van der Waals surface area (Å²) in [6, 6.07) is 12.5. The Morgan fingerprint density at radius 1 is 1.20 bits per heavy atom. The van der Waals surface area contributed by atoms with Crippen LogP contribution in [0.3, 0.4) is 0 Å². The summed E-state index contributed by atoms with van der Waals surface area (Å²) in [5.74, 6) is 2.26. The summed E-state index contributed by atoms with van der Waals surface area (Å²) in [4.78, 5) is 5.69. The predicted octanol–water partition coefficient (Wildman–Crippen LogP) is 4.28. The van der Waals surface area contributed by atoms with Crippen molar-refractivity contribution < 1.29 is 4.74 Å². The van der Waals surface area contributed by atoms with Crippen LogP contribution in [0.25, 0.3) is 0 Å². The molecule has 2 N–H and O–H groups in total. The van der Waals surface area contributed by atoms with Crippen molar-refractivity contribution in [3.05, 3.63) is 52.2 Å². The van der Waals surface area contributed by atoms with E-state index in [9.17, 15) is 0 Å². The monoisotopic (exact) mass is 473 g/mol. The molecule has 1 unspecified atom stereocenters. The molecule has 0 aliphatic heterocycles. The smallest absolute Gasteiger partial charge is 0.190 e. The lowest BCUT2D eigenvalue weighted by molar-refractivity contribution is 0.414. The Bertz CT molecular complexity index is 614. The first kappa shape index (κ1) is 21.8. The number of aliphatic imine (C=N–C) groups is 1. The number of thiophene rings is 1. The van der Waals surface area contributed by atoms with Gasteiger partial charge in [-0.25, -0.2) is 0 Å². The first-order valence-electron chi connectivity index (χ1n) is 8.33. The molecule has 0 bridgehead atoms. The highest BCUT2D eigenvalue weighted by Gasteiger charge is 2.07. The van der Waals surface area contributed by atoms with Crippen molar-refractivity contribution in [2.45, 2.75) is 25.7 Å². The van der Waals surface area contributed by atoms with E-state index in [0.717, 1.165) is 37.6 Å². The van der Waals surface area contributed by atoms with E-state index in [1.54, 1.807) is 18.4 Å². The second-order valence-electron chi connectivity index (χ2n) is 5.75. The minimum absolute atomic E-state index is 0. The molecule has 2 rings (SSSR count). The van der Waals surface area contributed by atoms with Gasteiger partial charge in [-0.2, -0.15) is 0 Å². The summed E-state index contributed by atoms with van der Waals surface area (Å²) in [7, 11) is 3.51. The zero-order valence-corrected chi connectivity index (χ0v) is 18.3. The molecule has 1 atom stereocenters. The molecule has 0 radical (unpaired) electrons. The van der Waals surface area contributed by atoms with Crippen LogP contribution in [0.4, 0.5) is 0 Å². The van der Waals surface area contributed by atoms with Gasteiger partial charge in [0.2, 0.25) is 0 Å². The number of hydrogen-bond acceptors (Lipinski definition) is 3. The van der Waals surface area contributed by atoms with E-state index >= 15 is 0 Å². The first-order valence-corrected chi connectivity index (χ1v) is 9.21. The number of guanidine groups is 1. The molecular formula is C19H28IN3OS. The van der Waals surface area contributed by atoms with E-state index in [-0.39, 0.29) is 24.0 Å². The summed E-state index contributed by atoms with van der Waals surface area (Å²) >= 11 is 1.80. The van der Waals surface area contributed by atoms with Crippen LogP contribution >= 0.6 is 35.3 Å². The van der Waals surface area contributed by atoms with Crippen LogP contribution in [0, 0.1) is 0 Å². The average molecular weight is 473 g/mol. The zero-order valence-electron chi connectivity index (χ0n) is 15.1. The molecule has 4 nitrogen and oxygen atoms in total. The van der Waals surface area contributed by atoms with Crippen molar-refractivity contribution in [1.82, 2.24) is 10.6 Å². The van der Waals surface area contributed by atoms with Gasteiger partial charge in [0.1, 0.15) is 5.75 Å². The topological polar surface area (TPSA) is 45.7 Å². The van der Waals surface area contributed by atoms with Gasteiger partial charge < -0.3 is 15.4 Å². The Labute approximate surface area is 172 Å². The van der Waals surface area contributed by atoms with Gasteiger partial charge in [0.15, 0.2) is 5.96 Å². The summed E-state index contributed by atoms with van der Waals surface area (Å²) in [6.45, 7) is 4.02. The SMILES string of the molecule is CN=C(NCCCc1ccc(OC)cc1)NCC(C)c1cccs1.I. The highest BCUT2D eigenvalue weighted by Crippen LogP contribution is 2.19. The van der Waals surface area contributed by atoms with Gasteiger partial charge in [0.05, 0.1) is 7.11 Å². The van der Waals surface area contributed by atoms with Crippen LogP contribution in [0.5, 0.6) is 5.75 Å². The van der Waals surface area contributed by atoms with Crippen LogP contribution in [0.2, 0.25) is 0 Å². The number of halogens is 1. The molecule has 1 aromatic heterocycles. The number of methoxy groups -OCH3 is 1. The van der Waals surface area contributed by atoms with Crippen LogP contribution in [0.1, 0.15) is 29.7 Å². The number of aryl methyl sites for hydroxylation is 1. The van der Waals surface area contributed by atoms with Crippen molar-refractivity contribution in [3.8, 4) is 5.75 Å². The molecule has 25 heavy (non-hydrogen) atoms. The Morgan fingerprint density at radius 2 is 1.96 bits per heavy atom. The fourth-order valence-corrected chi connectivity index (χ4v) is 3.22. The molecule has 6 heteroatoms.